The highest BCUT2D eigenvalue weighted by Gasteiger charge is 2.17. The van der Waals surface area contributed by atoms with Gasteiger partial charge in [-0.1, -0.05) is 19.1 Å². The highest BCUT2D eigenvalue weighted by atomic mass is 16.6. The minimum Gasteiger partial charge on any atom is -0.487 e. The second kappa shape index (κ2) is 8.09. The molecule has 2 N–H and O–H groups in total. The average molecular weight is 240 g/mol. The van der Waals surface area contributed by atoms with E-state index in [4.69, 9.17) is 9.53 Å². The van der Waals surface area contributed by atoms with Crippen molar-refractivity contribution in [3.8, 4) is 5.75 Å². The number of ether oxygens (including phenoxy) is 1. The van der Waals surface area contributed by atoms with E-state index in [1.807, 2.05) is 6.92 Å². The van der Waals surface area contributed by atoms with Crippen LogP contribution >= 0.6 is 0 Å². The van der Waals surface area contributed by atoms with Crippen molar-refractivity contribution in [1.29, 1.82) is 0 Å². The Morgan fingerprint density at radius 3 is 2.59 bits per heavy atom. The first-order valence-electron chi connectivity index (χ1n) is 5.10. The van der Waals surface area contributed by atoms with Gasteiger partial charge in [0.15, 0.2) is 5.75 Å². The molecular formula is C11H16N2O4. The molecule has 94 valence electrons. The van der Waals surface area contributed by atoms with Crippen LogP contribution < -0.4 is 10.5 Å². The molecule has 0 atom stereocenters. The molecule has 1 rings (SSSR count). The Bertz CT molecular complexity index is 380. The lowest BCUT2D eigenvalue weighted by atomic mass is 10.2. The van der Waals surface area contributed by atoms with Crippen LogP contribution in [-0.2, 0) is 4.79 Å². The Hall–Kier alpha value is -2.11. The van der Waals surface area contributed by atoms with Crippen LogP contribution in [0.1, 0.15) is 18.9 Å². The number of amides is 1. The number of benzene rings is 1. The van der Waals surface area contributed by atoms with Crippen molar-refractivity contribution in [2.45, 2.75) is 20.3 Å². The first-order chi connectivity index (χ1) is 8.08. The number of nitrogens with two attached hydrogens (primary N) is 1. The lowest BCUT2D eigenvalue weighted by Gasteiger charge is -2.06. The second-order valence-electron chi connectivity index (χ2n) is 3.16. The molecule has 0 saturated carbocycles. The van der Waals surface area contributed by atoms with Crippen molar-refractivity contribution in [3.63, 3.8) is 0 Å². The van der Waals surface area contributed by atoms with Crippen LogP contribution in [-0.4, -0.2) is 17.9 Å². The van der Waals surface area contributed by atoms with Crippen molar-refractivity contribution in [3.05, 3.63) is 33.9 Å². The highest BCUT2D eigenvalue weighted by molar-refractivity contribution is 5.51. The Morgan fingerprint density at radius 2 is 2.12 bits per heavy atom. The average Bonchev–Trinajstić information content (AvgIpc) is 2.26. The fraction of sp³-hybridized carbons (Fsp3) is 0.364. The van der Waals surface area contributed by atoms with Crippen molar-refractivity contribution < 1.29 is 14.5 Å². The molecule has 0 aliphatic carbocycles. The molecule has 17 heavy (non-hydrogen) atoms. The van der Waals surface area contributed by atoms with Gasteiger partial charge in [-0.3, -0.25) is 14.9 Å². The van der Waals surface area contributed by atoms with E-state index in [1.165, 1.54) is 0 Å². The van der Waals surface area contributed by atoms with Crippen molar-refractivity contribution in [2.75, 3.05) is 6.61 Å². The van der Waals surface area contributed by atoms with Gasteiger partial charge < -0.3 is 10.5 Å². The van der Waals surface area contributed by atoms with E-state index in [0.717, 1.165) is 6.42 Å². The predicted molar refractivity (Wildman–Crippen MR) is 63.9 cm³/mol. The number of para-hydroxylation sites is 1. The zero-order valence-corrected chi connectivity index (χ0v) is 9.88. The molecule has 0 unspecified atom stereocenters. The van der Waals surface area contributed by atoms with Crippen LogP contribution in [0.25, 0.3) is 0 Å². The van der Waals surface area contributed by atoms with Crippen molar-refractivity contribution >= 4 is 12.1 Å². The van der Waals surface area contributed by atoms with Gasteiger partial charge in [-0.25, -0.2) is 0 Å². The Kier molecular flexibility index (Phi) is 7.09. The molecule has 0 saturated heterocycles. The third-order valence-corrected chi connectivity index (χ3v) is 1.85. The maximum Gasteiger partial charge on any atom is 0.313 e. The molecule has 1 aromatic rings. The van der Waals surface area contributed by atoms with E-state index < -0.39 is 4.92 Å². The normalized spacial score (nSPS) is 8.82. The van der Waals surface area contributed by atoms with E-state index in [1.54, 1.807) is 25.1 Å². The van der Waals surface area contributed by atoms with E-state index in [9.17, 15) is 10.1 Å². The summed E-state index contributed by atoms with van der Waals surface area (Å²) >= 11 is 0. The number of rotatable bonds is 4. The molecule has 0 aliphatic heterocycles. The summed E-state index contributed by atoms with van der Waals surface area (Å²) in [4.78, 5) is 18.9. The van der Waals surface area contributed by atoms with Gasteiger partial charge in [0.05, 0.1) is 11.5 Å². The van der Waals surface area contributed by atoms with Gasteiger partial charge in [0, 0.05) is 5.56 Å². The first kappa shape index (κ1) is 14.9. The number of aryl methyl sites for hydroxylation is 1. The molecule has 0 bridgehead atoms. The number of nitro benzene ring substituents is 1. The van der Waals surface area contributed by atoms with Gasteiger partial charge in [0.25, 0.3) is 0 Å². The zero-order valence-electron chi connectivity index (χ0n) is 9.88. The molecule has 0 aliphatic rings. The Morgan fingerprint density at radius 1 is 1.53 bits per heavy atom. The van der Waals surface area contributed by atoms with Gasteiger partial charge in [-0.05, 0) is 19.4 Å². The van der Waals surface area contributed by atoms with Crippen LogP contribution in [0, 0.1) is 17.0 Å². The summed E-state index contributed by atoms with van der Waals surface area (Å²) < 4.78 is 5.29. The second-order valence-corrected chi connectivity index (χ2v) is 3.16. The summed E-state index contributed by atoms with van der Waals surface area (Å²) in [5.41, 5.74) is 4.87. The lowest BCUT2D eigenvalue weighted by Crippen LogP contribution is -2.00. The molecule has 0 fully saturated rings. The summed E-state index contributed by atoms with van der Waals surface area (Å²) in [6, 6.07) is 5.09. The summed E-state index contributed by atoms with van der Waals surface area (Å²) in [5, 5.41) is 10.7. The van der Waals surface area contributed by atoms with Gasteiger partial charge in [0.1, 0.15) is 0 Å². The molecule has 0 heterocycles. The van der Waals surface area contributed by atoms with E-state index in [2.05, 4.69) is 5.73 Å². The number of nitro groups is 1. The third-order valence-electron chi connectivity index (χ3n) is 1.85. The monoisotopic (exact) mass is 240 g/mol. The SMILES string of the molecule is CCCOc1cccc(C)c1[N+](=O)[O-].NC=O. The van der Waals surface area contributed by atoms with Gasteiger partial charge in [-0.15, -0.1) is 0 Å². The number of primary amides is 1. The standard InChI is InChI=1S/C10H13NO3.CH3NO/c1-3-7-14-9-6-4-5-8(2)10(9)11(12)13;2-1-3/h4-6H,3,7H2,1-2H3;1H,(H2,2,3). The quantitative estimate of drug-likeness (QED) is 0.493. The van der Waals surface area contributed by atoms with Gasteiger partial charge in [0.2, 0.25) is 6.41 Å². The fourth-order valence-corrected chi connectivity index (χ4v) is 1.19. The fourth-order valence-electron chi connectivity index (χ4n) is 1.19. The molecule has 0 spiro atoms. The van der Waals surface area contributed by atoms with E-state index in [-0.39, 0.29) is 12.1 Å². The van der Waals surface area contributed by atoms with Crippen LogP contribution in [0.15, 0.2) is 18.2 Å². The summed E-state index contributed by atoms with van der Waals surface area (Å²) in [7, 11) is 0. The van der Waals surface area contributed by atoms with Crippen LogP contribution in [0.2, 0.25) is 0 Å². The Balaban J connectivity index is 0.000000770. The van der Waals surface area contributed by atoms with E-state index >= 15 is 0 Å². The van der Waals surface area contributed by atoms with Gasteiger partial charge in [-0.2, -0.15) is 0 Å². The number of hydrogen-bond acceptors (Lipinski definition) is 4. The smallest absolute Gasteiger partial charge is 0.313 e. The van der Waals surface area contributed by atoms with Gasteiger partial charge >= 0.3 is 5.69 Å². The predicted octanol–water partition coefficient (Wildman–Crippen LogP) is 1.79. The molecule has 6 heteroatoms. The summed E-state index contributed by atoms with van der Waals surface area (Å²) in [5.74, 6) is 0.358. The molecule has 0 radical (unpaired) electrons. The van der Waals surface area contributed by atoms with E-state index in [0.29, 0.717) is 17.9 Å². The molecule has 6 nitrogen and oxygen atoms in total. The maximum absolute atomic E-state index is 10.7. The first-order valence-corrected chi connectivity index (χ1v) is 5.10. The number of carbonyl (C=O) groups is 1. The lowest BCUT2D eigenvalue weighted by molar-refractivity contribution is -0.386. The number of nitrogens with zero attached hydrogens (tertiary/aromatic N) is 1. The minimum atomic E-state index is -0.402. The minimum absolute atomic E-state index is 0.0703. The number of hydrogen-bond donors (Lipinski definition) is 1. The molecule has 1 amide bonds. The largest absolute Gasteiger partial charge is 0.487 e. The van der Waals surface area contributed by atoms with Crippen molar-refractivity contribution in [1.82, 2.24) is 0 Å². The van der Waals surface area contributed by atoms with Crippen LogP contribution in [0.3, 0.4) is 0 Å². The molecule has 1 aromatic carbocycles. The topological polar surface area (TPSA) is 95.5 Å². The Labute approximate surface area is 99.5 Å². The third kappa shape index (κ3) is 4.96. The maximum atomic E-state index is 10.7. The summed E-state index contributed by atoms with van der Waals surface area (Å²) in [6.45, 7) is 4.17. The molecular weight excluding hydrogens is 224 g/mol. The van der Waals surface area contributed by atoms with Crippen LogP contribution in [0.5, 0.6) is 5.75 Å². The zero-order chi connectivity index (χ0) is 13.3. The van der Waals surface area contributed by atoms with Crippen molar-refractivity contribution in [2.24, 2.45) is 5.73 Å². The molecule has 0 aromatic heterocycles. The van der Waals surface area contributed by atoms with Crippen LogP contribution in [0.4, 0.5) is 5.69 Å². The summed E-state index contributed by atoms with van der Waals surface area (Å²) in [6.07, 6.45) is 1.09. The number of carbonyl (C=O) groups excluding carboxylic acids is 1. The highest BCUT2D eigenvalue weighted by Crippen LogP contribution is 2.29.